The minimum atomic E-state index is -4.02. The lowest BCUT2D eigenvalue weighted by Gasteiger charge is -2.11. The summed E-state index contributed by atoms with van der Waals surface area (Å²) in [5.41, 5.74) is 5.38. The molecule has 0 radical (unpaired) electrons. The predicted molar refractivity (Wildman–Crippen MR) is 81.0 cm³/mol. The third-order valence-electron chi connectivity index (χ3n) is 2.72. The van der Waals surface area contributed by atoms with Crippen LogP contribution in [-0.2, 0) is 16.6 Å². The standard InChI is InChI=1S/C12H13FN4O2S2/c1-2-17-7-8(6-15-17)16-21(18,19)10-5-3-4-9(13)11(10)12(14)20/h3-7,16H,2H2,1H3,(H2,14,20). The van der Waals surface area contributed by atoms with Crippen LogP contribution in [0, 0.1) is 5.82 Å². The first kappa shape index (κ1) is 15.4. The minimum Gasteiger partial charge on any atom is -0.389 e. The number of rotatable bonds is 5. The molecule has 3 N–H and O–H groups in total. The summed E-state index contributed by atoms with van der Waals surface area (Å²) < 4.78 is 42.3. The van der Waals surface area contributed by atoms with Gasteiger partial charge in [-0.05, 0) is 19.1 Å². The average Bonchev–Trinajstić information content (AvgIpc) is 2.85. The molecule has 0 aliphatic rings. The van der Waals surface area contributed by atoms with Crippen LogP contribution in [0.1, 0.15) is 12.5 Å². The van der Waals surface area contributed by atoms with E-state index >= 15 is 0 Å². The molecule has 6 nitrogen and oxygen atoms in total. The fourth-order valence-electron chi connectivity index (χ4n) is 1.77. The average molecular weight is 328 g/mol. The van der Waals surface area contributed by atoms with Crippen LogP contribution in [0.5, 0.6) is 0 Å². The van der Waals surface area contributed by atoms with Gasteiger partial charge in [-0.15, -0.1) is 0 Å². The topological polar surface area (TPSA) is 90.0 Å². The Morgan fingerprint density at radius 2 is 2.24 bits per heavy atom. The van der Waals surface area contributed by atoms with E-state index in [0.29, 0.717) is 6.54 Å². The fraction of sp³-hybridized carbons (Fsp3) is 0.167. The number of nitrogens with one attached hydrogen (secondary N) is 1. The van der Waals surface area contributed by atoms with E-state index in [1.54, 1.807) is 4.68 Å². The molecule has 0 bridgehead atoms. The summed E-state index contributed by atoms with van der Waals surface area (Å²) >= 11 is 4.72. The molecule has 0 aliphatic heterocycles. The molecule has 0 fully saturated rings. The number of halogens is 1. The number of hydrogen-bond acceptors (Lipinski definition) is 4. The Hall–Kier alpha value is -2.00. The first-order valence-corrected chi connectivity index (χ1v) is 7.88. The van der Waals surface area contributed by atoms with Crippen molar-refractivity contribution >= 4 is 32.9 Å². The van der Waals surface area contributed by atoms with Gasteiger partial charge in [0.15, 0.2) is 0 Å². The molecule has 9 heteroatoms. The quantitative estimate of drug-likeness (QED) is 0.811. The molecular formula is C12H13FN4O2S2. The molecule has 1 aromatic carbocycles. The van der Waals surface area contributed by atoms with Crippen LogP contribution >= 0.6 is 12.2 Å². The zero-order chi connectivity index (χ0) is 15.6. The van der Waals surface area contributed by atoms with Gasteiger partial charge in [0.1, 0.15) is 15.7 Å². The summed E-state index contributed by atoms with van der Waals surface area (Å²) in [6.45, 7) is 2.46. The van der Waals surface area contributed by atoms with Gasteiger partial charge in [-0.2, -0.15) is 5.10 Å². The first-order valence-electron chi connectivity index (χ1n) is 5.98. The van der Waals surface area contributed by atoms with E-state index in [1.807, 2.05) is 6.92 Å². The Kier molecular flexibility index (Phi) is 4.24. The van der Waals surface area contributed by atoms with Crippen molar-refractivity contribution in [1.29, 1.82) is 0 Å². The van der Waals surface area contributed by atoms with Gasteiger partial charge in [-0.3, -0.25) is 9.40 Å². The monoisotopic (exact) mass is 328 g/mol. The summed E-state index contributed by atoms with van der Waals surface area (Å²) in [6, 6.07) is 3.62. The Balaban J connectivity index is 2.45. The van der Waals surface area contributed by atoms with Crippen LogP contribution in [0.3, 0.4) is 0 Å². The van der Waals surface area contributed by atoms with Crippen LogP contribution in [0.2, 0.25) is 0 Å². The zero-order valence-corrected chi connectivity index (χ0v) is 12.7. The van der Waals surface area contributed by atoms with Gasteiger partial charge >= 0.3 is 0 Å². The van der Waals surface area contributed by atoms with E-state index in [9.17, 15) is 12.8 Å². The van der Waals surface area contributed by atoms with Crippen LogP contribution in [0.25, 0.3) is 0 Å². The van der Waals surface area contributed by atoms with Gasteiger partial charge < -0.3 is 5.73 Å². The number of sulfonamides is 1. The first-order chi connectivity index (χ1) is 9.85. The van der Waals surface area contributed by atoms with Gasteiger partial charge in [-0.1, -0.05) is 18.3 Å². The molecule has 21 heavy (non-hydrogen) atoms. The second-order valence-electron chi connectivity index (χ2n) is 4.17. The molecule has 0 saturated carbocycles. The molecule has 1 heterocycles. The molecule has 2 rings (SSSR count). The van der Waals surface area contributed by atoms with E-state index < -0.39 is 15.8 Å². The number of thiocarbonyl (C=S) groups is 1. The van der Waals surface area contributed by atoms with Gasteiger partial charge in [-0.25, -0.2) is 12.8 Å². The summed E-state index contributed by atoms with van der Waals surface area (Å²) in [7, 11) is -4.02. The molecule has 0 aliphatic carbocycles. The van der Waals surface area contributed by atoms with E-state index in [-0.39, 0.29) is 21.1 Å². The Morgan fingerprint density at radius 1 is 1.52 bits per heavy atom. The third-order valence-corrected chi connectivity index (χ3v) is 4.35. The zero-order valence-electron chi connectivity index (χ0n) is 11.1. The van der Waals surface area contributed by atoms with Crippen molar-refractivity contribution in [1.82, 2.24) is 9.78 Å². The highest BCUT2D eigenvalue weighted by Gasteiger charge is 2.23. The van der Waals surface area contributed by atoms with Crippen LogP contribution < -0.4 is 10.5 Å². The van der Waals surface area contributed by atoms with Crippen molar-refractivity contribution in [3.8, 4) is 0 Å². The molecule has 1 aromatic heterocycles. The maximum absolute atomic E-state index is 13.8. The summed E-state index contributed by atoms with van der Waals surface area (Å²) in [5.74, 6) is -0.783. The molecule has 0 saturated heterocycles. The number of anilines is 1. The highest BCUT2D eigenvalue weighted by molar-refractivity contribution is 7.93. The van der Waals surface area contributed by atoms with Crippen molar-refractivity contribution in [3.05, 3.63) is 42.0 Å². The summed E-state index contributed by atoms with van der Waals surface area (Å²) in [6.07, 6.45) is 2.89. The normalized spacial score (nSPS) is 11.3. The third kappa shape index (κ3) is 3.19. The second kappa shape index (κ2) is 5.78. The Bertz CT molecular complexity index is 786. The fourth-order valence-corrected chi connectivity index (χ4v) is 3.30. The van der Waals surface area contributed by atoms with Gasteiger partial charge in [0.25, 0.3) is 10.0 Å². The lowest BCUT2D eigenvalue weighted by Crippen LogP contribution is -2.21. The van der Waals surface area contributed by atoms with Gasteiger partial charge in [0.05, 0.1) is 17.4 Å². The van der Waals surface area contributed by atoms with Crippen LogP contribution in [0.4, 0.5) is 10.1 Å². The maximum Gasteiger partial charge on any atom is 0.262 e. The minimum absolute atomic E-state index is 0.273. The largest absolute Gasteiger partial charge is 0.389 e. The molecular weight excluding hydrogens is 315 g/mol. The number of aromatic nitrogens is 2. The van der Waals surface area contributed by atoms with Crippen molar-refractivity contribution in [2.24, 2.45) is 5.73 Å². The molecule has 112 valence electrons. The lowest BCUT2D eigenvalue weighted by molar-refractivity contribution is 0.594. The van der Waals surface area contributed by atoms with E-state index in [2.05, 4.69) is 9.82 Å². The second-order valence-corrected chi connectivity index (χ2v) is 6.26. The van der Waals surface area contributed by atoms with Gasteiger partial charge in [0.2, 0.25) is 0 Å². The highest BCUT2D eigenvalue weighted by Crippen LogP contribution is 2.21. The number of nitrogens with zero attached hydrogens (tertiary/aromatic N) is 2. The van der Waals surface area contributed by atoms with Crippen molar-refractivity contribution in [2.75, 3.05) is 4.72 Å². The van der Waals surface area contributed by atoms with E-state index in [1.165, 1.54) is 24.5 Å². The Morgan fingerprint density at radius 3 is 2.81 bits per heavy atom. The molecule has 0 amide bonds. The SMILES string of the molecule is CCn1cc(NS(=O)(=O)c2cccc(F)c2C(N)=S)cn1. The number of nitrogens with two attached hydrogens (primary N) is 1. The molecule has 0 unspecified atom stereocenters. The maximum atomic E-state index is 13.8. The molecule has 0 spiro atoms. The Labute approximate surface area is 126 Å². The number of benzene rings is 1. The van der Waals surface area contributed by atoms with Crippen molar-refractivity contribution in [3.63, 3.8) is 0 Å². The van der Waals surface area contributed by atoms with Gasteiger partial charge in [0, 0.05) is 12.7 Å². The van der Waals surface area contributed by atoms with Crippen LogP contribution in [0.15, 0.2) is 35.5 Å². The predicted octanol–water partition coefficient (Wildman–Crippen LogP) is 1.48. The van der Waals surface area contributed by atoms with Crippen LogP contribution in [-0.4, -0.2) is 23.2 Å². The smallest absolute Gasteiger partial charge is 0.262 e. The summed E-state index contributed by atoms with van der Waals surface area (Å²) in [4.78, 5) is -0.628. The number of hydrogen-bond donors (Lipinski definition) is 2. The number of aryl methyl sites for hydroxylation is 1. The summed E-state index contributed by atoms with van der Waals surface area (Å²) in [5, 5.41) is 3.95. The van der Waals surface area contributed by atoms with E-state index in [4.69, 9.17) is 18.0 Å². The lowest BCUT2D eigenvalue weighted by atomic mass is 10.2. The van der Waals surface area contributed by atoms with Crippen molar-refractivity contribution < 1.29 is 12.8 Å². The molecule has 2 aromatic rings. The molecule has 0 atom stereocenters. The van der Waals surface area contributed by atoms with Crippen molar-refractivity contribution in [2.45, 2.75) is 18.4 Å². The highest BCUT2D eigenvalue weighted by atomic mass is 32.2. The van der Waals surface area contributed by atoms with E-state index in [0.717, 1.165) is 6.07 Å².